The van der Waals surface area contributed by atoms with Crippen molar-refractivity contribution in [1.82, 2.24) is 10.2 Å². The molecule has 2 rings (SSSR count). The van der Waals surface area contributed by atoms with E-state index in [9.17, 15) is 9.59 Å². The number of carbonyl (C=O) groups is 2. The van der Waals surface area contributed by atoms with Crippen LogP contribution in [0.2, 0.25) is 5.02 Å². The molecule has 1 N–H and O–H groups in total. The van der Waals surface area contributed by atoms with Crippen molar-refractivity contribution < 1.29 is 9.59 Å². The number of nitrogens with one attached hydrogen (secondary N) is 1. The second-order valence-corrected chi connectivity index (χ2v) is 6.13. The molecule has 1 fully saturated rings. The quantitative estimate of drug-likeness (QED) is 0.902. The van der Waals surface area contributed by atoms with Gasteiger partial charge in [0.15, 0.2) is 0 Å². The fourth-order valence-electron chi connectivity index (χ4n) is 2.20. The summed E-state index contributed by atoms with van der Waals surface area (Å²) in [4.78, 5) is 25.7. The largest absolute Gasteiger partial charge is 0.343 e. The van der Waals surface area contributed by atoms with Crippen LogP contribution >= 0.6 is 27.5 Å². The Morgan fingerprint density at radius 2 is 1.90 bits per heavy atom. The van der Waals surface area contributed by atoms with Gasteiger partial charge in [0, 0.05) is 28.1 Å². The molecule has 1 aliphatic rings. The summed E-state index contributed by atoms with van der Waals surface area (Å²) in [7, 11) is 0. The highest BCUT2D eigenvalue weighted by molar-refractivity contribution is 9.10. The molecule has 6 heteroatoms. The van der Waals surface area contributed by atoms with Crippen LogP contribution in [0.4, 0.5) is 0 Å². The number of hydrogen-bond donors (Lipinski definition) is 1. The monoisotopic (exact) mass is 358 g/mol. The van der Waals surface area contributed by atoms with Gasteiger partial charge in [0.05, 0.1) is 6.54 Å². The average molecular weight is 360 g/mol. The zero-order valence-corrected chi connectivity index (χ0v) is 13.3. The first kappa shape index (κ1) is 15.3. The van der Waals surface area contributed by atoms with E-state index in [-0.39, 0.29) is 18.4 Å². The van der Waals surface area contributed by atoms with Crippen molar-refractivity contribution in [3.63, 3.8) is 0 Å². The molecule has 1 heterocycles. The molecule has 0 saturated carbocycles. The highest BCUT2D eigenvalue weighted by atomic mass is 79.9. The van der Waals surface area contributed by atoms with E-state index in [1.807, 2.05) is 0 Å². The predicted octanol–water partition coefficient (Wildman–Crippen LogP) is 2.84. The van der Waals surface area contributed by atoms with Crippen LogP contribution in [0.15, 0.2) is 22.7 Å². The van der Waals surface area contributed by atoms with Crippen LogP contribution in [0.3, 0.4) is 0 Å². The van der Waals surface area contributed by atoms with Crippen LogP contribution in [0.1, 0.15) is 29.6 Å². The minimum absolute atomic E-state index is 0.0286. The van der Waals surface area contributed by atoms with Gasteiger partial charge in [0.25, 0.3) is 5.91 Å². The van der Waals surface area contributed by atoms with Gasteiger partial charge in [0.1, 0.15) is 0 Å². The number of carbonyl (C=O) groups excluding carboxylic acids is 2. The van der Waals surface area contributed by atoms with Gasteiger partial charge in [-0.25, -0.2) is 0 Å². The van der Waals surface area contributed by atoms with Gasteiger partial charge >= 0.3 is 0 Å². The number of likely N-dealkylation sites (tertiary alicyclic amines) is 1. The number of piperidine rings is 1. The molecule has 0 aliphatic carbocycles. The van der Waals surface area contributed by atoms with Crippen LogP contribution in [-0.4, -0.2) is 36.3 Å². The molecule has 1 saturated heterocycles. The Hall–Kier alpha value is -1.07. The smallest absolute Gasteiger partial charge is 0.251 e. The Labute approximate surface area is 131 Å². The maximum absolute atomic E-state index is 12.0. The van der Waals surface area contributed by atoms with Crippen molar-refractivity contribution in [2.24, 2.45) is 0 Å². The third kappa shape index (κ3) is 4.21. The van der Waals surface area contributed by atoms with E-state index >= 15 is 0 Å². The van der Waals surface area contributed by atoms with E-state index < -0.39 is 0 Å². The normalized spacial score (nSPS) is 15.0. The maximum atomic E-state index is 12.0. The van der Waals surface area contributed by atoms with Gasteiger partial charge in [-0.15, -0.1) is 0 Å². The third-order valence-corrected chi connectivity index (χ3v) is 3.91. The molecule has 0 atom stereocenters. The molecule has 0 aromatic heterocycles. The van der Waals surface area contributed by atoms with E-state index in [1.165, 1.54) is 6.42 Å². The summed E-state index contributed by atoms with van der Waals surface area (Å²) < 4.78 is 0.734. The first-order valence-corrected chi connectivity index (χ1v) is 7.75. The summed E-state index contributed by atoms with van der Waals surface area (Å²) in [5.74, 6) is -0.322. The summed E-state index contributed by atoms with van der Waals surface area (Å²) in [5, 5.41) is 3.12. The number of benzene rings is 1. The minimum Gasteiger partial charge on any atom is -0.343 e. The summed E-state index contributed by atoms with van der Waals surface area (Å²) in [6.45, 7) is 1.61. The Morgan fingerprint density at radius 1 is 1.20 bits per heavy atom. The van der Waals surface area contributed by atoms with Gasteiger partial charge in [-0.05, 0) is 37.5 Å². The van der Waals surface area contributed by atoms with Crippen LogP contribution in [0.25, 0.3) is 0 Å². The highest BCUT2D eigenvalue weighted by Crippen LogP contribution is 2.19. The number of nitrogens with zero attached hydrogens (tertiary/aromatic N) is 1. The Bertz CT molecular complexity index is 496. The Balaban J connectivity index is 1.89. The first-order chi connectivity index (χ1) is 9.56. The molecule has 20 heavy (non-hydrogen) atoms. The van der Waals surface area contributed by atoms with E-state index in [4.69, 9.17) is 11.6 Å². The molecule has 108 valence electrons. The molecule has 4 nitrogen and oxygen atoms in total. The topological polar surface area (TPSA) is 49.4 Å². The fraction of sp³-hybridized carbons (Fsp3) is 0.429. The third-order valence-electron chi connectivity index (χ3n) is 3.23. The van der Waals surface area contributed by atoms with Crippen molar-refractivity contribution in [3.8, 4) is 0 Å². The molecular formula is C14H16BrClN2O2. The van der Waals surface area contributed by atoms with Crippen molar-refractivity contribution in [2.75, 3.05) is 19.6 Å². The lowest BCUT2D eigenvalue weighted by Crippen LogP contribution is -2.42. The summed E-state index contributed by atoms with van der Waals surface area (Å²) >= 11 is 9.18. The molecule has 0 radical (unpaired) electrons. The van der Waals surface area contributed by atoms with Crippen LogP contribution in [-0.2, 0) is 4.79 Å². The zero-order valence-electron chi connectivity index (χ0n) is 11.0. The lowest BCUT2D eigenvalue weighted by atomic mass is 10.1. The predicted molar refractivity (Wildman–Crippen MR) is 81.9 cm³/mol. The van der Waals surface area contributed by atoms with Crippen molar-refractivity contribution in [2.45, 2.75) is 19.3 Å². The van der Waals surface area contributed by atoms with Crippen molar-refractivity contribution >= 4 is 39.3 Å². The van der Waals surface area contributed by atoms with Gasteiger partial charge in [-0.1, -0.05) is 27.5 Å². The number of rotatable bonds is 3. The minimum atomic E-state index is -0.293. The molecule has 1 aliphatic heterocycles. The molecule has 2 amide bonds. The molecule has 0 spiro atoms. The van der Waals surface area contributed by atoms with E-state index in [1.54, 1.807) is 23.1 Å². The van der Waals surface area contributed by atoms with E-state index in [0.29, 0.717) is 10.6 Å². The first-order valence-electron chi connectivity index (χ1n) is 6.58. The van der Waals surface area contributed by atoms with Gasteiger partial charge in [-0.2, -0.15) is 0 Å². The Morgan fingerprint density at radius 3 is 2.55 bits per heavy atom. The van der Waals surface area contributed by atoms with Crippen molar-refractivity contribution in [1.29, 1.82) is 0 Å². The standard InChI is InChI=1S/C14H16BrClN2O2/c15-11-6-10(7-12(16)8-11)14(20)17-9-13(19)18-4-2-1-3-5-18/h6-8H,1-5,9H2,(H,17,20). The van der Waals surface area contributed by atoms with Crippen LogP contribution in [0, 0.1) is 0 Å². The Kier molecular flexibility index (Phi) is 5.43. The van der Waals surface area contributed by atoms with Gasteiger partial charge in [0.2, 0.25) is 5.91 Å². The van der Waals surface area contributed by atoms with E-state index in [2.05, 4.69) is 21.2 Å². The SMILES string of the molecule is O=C(NCC(=O)N1CCCCC1)c1cc(Cl)cc(Br)c1. The molecule has 0 unspecified atom stereocenters. The number of hydrogen-bond acceptors (Lipinski definition) is 2. The lowest BCUT2D eigenvalue weighted by molar-refractivity contribution is -0.130. The molecule has 0 bridgehead atoms. The van der Waals surface area contributed by atoms with Gasteiger partial charge < -0.3 is 10.2 Å². The summed E-state index contributed by atoms with van der Waals surface area (Å²) in [6.07, 6.45) is 3.26. The van der Waals surface area contributed by atoms with Crippen LogP contribution < -0.4 is 5.32 Å². The maximum Gasteiger partial charge on any atom is 0.251 e. The summed E-state index contributed by atoms with van der Waals surface area (Å²) in [5.41, 5.74) is 0.441. The van der Waals surface area contributed by atoms with Crippen molar-refractivity contribution in [3.05, 3.63) is 33.3 Å². The molecular weight excluding hydrogens is 344 g/mol. The highest BCUT2D eigenvalue weighted by Gasteiger charge is 2.17. The van der Waals surface area contributed by atoms with E-state index in [0.717, 1.165) is 30.4 Å². The fourth-order valence-corrected chi connectivity index (χ4v) is 3.06. The second-order valence-electron chi connectivity index (χ2n) is 4.78. The van der Waals surface area contributed by atoms with Gasteiger partial charge in [-0.3, -0.25) is 9.59 Å². The second kappa shape index (κ2) is 7.09. The summed E-state index contributed by atoms with van der Waals surface area (Å²) in [6, 6.07) is 4.96. The lowest BCUT2D eigenvalue weighted by Gasteiger charge is -2.26. The molecule has 1 aromatic rings. The average Bonchev–Trinajstić information content (AvgIpc) is 2.44. The number of amides is 2. The number of halogens is 2. The molecule has 1 aromatic carbocycles. The zero-order chi connectivity index (χ0) is 14.5. The van der Waals surface area contributed by atoms with Crippen LogP contribution in [0.5, 0.6) is 0 Å².